The van der Waals surface area contributed by atoms with Crippen LogP contribution in [-0.2, 0) is 6.42 Å². The smallest absolute Gasteiger partial charge is 0.135 e. The molecule has 3 heterocycles. The van der Waals surface area contributed by atoms with Crippen molar-refractivity contribution in [2.24, 2.45) is 0 Å². The fourth-order valence-electron chi connectivity index (χ4n) is 4.83. The number of hydrogen-bond acceptors (Lipinski definition) is 2. The van der Waals surface area contributed by atoms with Crippen LogP contribution in [0.5, 0.6) is 5.75 Å². The van der Waals surface area contributed by atoms with Gasteiger partial charge in [-0.15, -0.1) is 0 Å². The molecule has 0 spiro atoms. The molecule has 138 valence electrons. The summed E-state index contributed by atoms with van der Waals surface area (Å²) < 4.78 is 14.4. The number of furan rings is 1. The SMILES string of the molecule is c1ccc2c(c1)oc1ccc(-n3c4ccccc4c4c5c(ccc43)CCO5)cc12. The normalized spacial score (nSPS) is 13.5. The molecule has 4 aromatic carbocycles. The number of ether oxygens (including phenoxy) is 1. The maximum absolute atomic E-state index is 6.06. The lowest BCUT2D eigenvalue weighted by molar-refractivity contribution is 0.360. The van der Waals surface area contributed by atoms with E-state index in [2.05, 4.69) is 71.3 Å². The lowest BCUT2D eigenvalue weighted by Crippen LogP contribution is -1.93. The molecule has 0 saturated carbocycles. The number of aromatic nitrogens is 1. The van der Waals surface area contributed by atoms with Crippen molar-refractivity contribution in [1.29, 1.82) is 0 Å². The van der Waals surface area contributed by atoms with Gasteiger partial charge in [0, 0.05) is 28.3 Å². The summed E-state index contributed by atoms with van der Waals surface area (Å²) in [4.78, 5) is 0. The number of fused-ring (bicyclic) bond motifs is 8. The van der Waals surface area contributed by atoms with E-state index < -0.39 is 0 Å². The zero-order valence-electron chi connectivity index (χ0n) is 15.7. The monoisotopic (exact) mass is 375 g/mol. The third kappa shape index (κ3) is 1.97. The lowest BCUT2D eigenvalue weighted by Gasteiger charge is -2.08. The summed E-state index contributed by atoms with van der Waals surface area (Å²) >= 11 is 0. The van der Waals surface area contributed by atoms with Crippen molar-refractivity contribution in [2.75, 3.05) is 6.61 Å². The van der Waals surface area contributed by atoms with Gasteiger partial charge in [0.25, 0.3) is 0 Å². The molecular weight excluding hydrogens is 358 g/mol. The van der Waals surface area contributed by atoms with E-state index in [1.807, 2.05) is 12.1 Å². The molecule has 0 N–H and O–H groups in total. The fraction of sp³-hybridized carbons (Fsp3) is 0.0769. The van der Waals surface area contributed by atoms with Gasteiger partial charge >= 0.3 is 0 Å². The average molecular weight is 375 g/mol. The van der Waals surface area contributed by atoms with Crippen molar-refractivity contribution in [3.8, 4) is 11.4 Å². The minimum Gasteiger partial charge on any atom is -0.492 e. The van der Waals surface area contributed by atoms with E-state index in [1.165, 1.54) is 27.4 Å². The first kappa shape index (κ1) is 15.2. The lowest BCUT2D eigenvalue weighted by atomic mass is 10.1. The molecule has 7 rings (SSSR count). The molecule has 0 saturated heterocycles. The van der Waals surface area contributed by atoms with Crippen LogP contribution >= 0.6 is 0 Å². The number of nitrogens with zero attached hydrogens (tertiary/aromatic N) is 1. The van der Waals surface area contributed by atoms with Crippen LogP contribution in [0.25, 0.3) is 49.4 Å². The highest BCUT2D eigenvalue weighted by Gasteiger charge is 2.22. The quantitative estimate of drug-likeness (QED) is 0.323. The van der Waals surface area contributed by atoms with Gasteiger partial charge in [0.15, 0.2) is 0 Å². The van der Waals surface area contributed by atoms with Crippen molar-refractivity contribution in [3.63, 3.8) is 0 Å². The Bertz CT molecular complexity index is 1590. The molecule has 6 aromatic rings. The summed E-state index contributed by atoms with van der Waals surface area (Å²) in [7, 11) is 0. The molecule has 0 fully saturated rings. The Morgan fingerprint density at radius 3 is 2.48 bits per heavy atom. The van der Waals surface area contributed by atoms with Crippen molar-refractivity contribution < 1.29 is 9.15 Å². The van der Waals surface area contributed by atoms with Crippen LogP contribution in [0.3, 0.4) is 0 Å². The molecule has 0 bridgehead atoms. The highest BCUT2D eigenvalue weighted by atomic mass is 16.5. The summed E-state index contributed by atoms with van der Waals surface area (Å²) in [6.45, 7) is 0.765. The van der Waals surface area contributed by atoms with Crippen LogP contribution in [0, 0.1) is 0 Å². The number of rotatable bonds is 1. The molecule has 1 aliphatic rings. The van der Waals surface area contributed by atoms with Crippen molar-refractivity contribution in [1.82, 2.24) is 4.57 Å². The molecule has 1 aliphatic heterocycles. The molecular formula is C26H17NO2. The second-order valence-corrected chi connectivity index (χ2v) is 7.68. The Balaban J connectivity index is 1.62. The maximum atomic E-state index is 6.06. The van der Waals surface area contributed by atoms with Crippen LogP contribution in [0.2, 0.25) is 0 Å². The highest BCUT2D eigenvalue weighted by Crippen LogP contribution is 2.42. The highest BCUT2D eigenvalue weighted by molar-refractivity contribution is 6.13. The first-order valence-electron chi connectivity index (χ1n) is 9.98. The average Bonchev–Trinajstić information content (AvgIpc) is 3.46. The van der Waals surface area contributed by atoms with E-state index in [0.717, 1.165) is 46.4 Å². The van der Waals surface area contributed by atoms with Gasteiger partial charge in [-0.3, -0.25) is 0 Å². The van der Waals surface area contributed by atoms with Gasteiger partial charge in [-0.05, 0) is 42.0 Å². The number of hydrogen-bond donors (Lipinski definition) is 0. The van der Waals surface area contributed by atoms with E-state index >= 15 is 0 Å². The standard InChI is InChI=1S/C26H17NO2/c1-3-7-21-19(6-1)25-22(11-9-16-13-14-28-26(16)25)27(21)17-10-12-24-20(15-17)18-5-2-4-8-23(18)29-24/h1-12,15H,13-14H2. The molecule has 3 heteroatoms. The summed E-state index contributed by atoms with van der Waals surface area (Å²) in [5.74, 6) is 1.05. The summed E-state index contributed by atoms with van der Waals surface area (Å²) in [6, 6.07) is 27.7. The Hall–Kier alpha value is -3.72. The fourth-order valence-corrected chi connectivity index (χ4v) is 4.83. The minimum absolute atomic E-state index is 0.765. The molecule has 0 amide bonds. The molecule has 0 atom stereocenters. The van der Waals surface area contributed by atoms with Crippen LogP contribution in [0.15, 0.2) is 83.3 Å². The van der Waals surface area contributed by atoms with E-state index in [0.29, 0.717) is 0 Å². The van der Waals surface area contributed by atoms with Gasteiger partial charge in [-0.1, -0.05) is 42.5 Å². The summed E-state index contributed by atoms with van der Waals surface area (Å²) in [5.41, 5.74) is 6.65. The van der Waals surface area contributed by atoms with Crippen molar-refractivity contribution in [3.05, 3.63) is 84.4 Å². The van der Waals surface area contributed by atoms with Crippen LogP contribution < -0.4 is 4.74 Å². The van der Waals surface area contributed by atoms with E-state index in [-0.39, 0.29) is 0 Å². The zero-order chi connectivity index (χ0) is 18.9. The number of benzene rings is 4. The molecule has 2 aromatic heterocycles. The van der Waals surface area contributed by atoms with Crippen LogP contribution in [0.4, 0.5) is 0 Å². The second kappa shape index (κ2) is 5.42. The first-order chi connectivity index (χ1) is 14.4. The molecule has 0 unspecified atom stereocenters. The largest absolute Gasteiger partial charge is 0.492 e. The summed E-state index contributed by atoms with van der Waals surface area (Å²) in [6.07, 6.45) is 0.984. The molecule has 0 radical (unpaired) electrons. The molecule has 0 aliphatic carbocycles. The van der Waals surface area contributed by atoms with Gasteiger partial charge in [0.05, 0.1) is 23.0 Å². The third-order valence-electron chi connectivity index (χ3n) is 6.11. The predicted molar refractivity (Wildman–Crippen MR) is 117 cm³/mol. The zero-order valence-corrected chi connectivity index (χ0v) is 15.7. The third-order valence-corrected chi connectivity index (χ3v) is 6.11. The van der Waals surface area contributed by atoms with Crippen LogP contribution in [-0.4, -0.2) is 11.2 Å². The Labute approximate surface area is 166 Å². The Morgan fingerprint density at radius 2 is 1.52 bits per heavy atom. The number of para-hydroxylation sites is 2. The van der Waals surface area contributed by atoms with Gasteiger partial charge < -0.3 is 13.7 Å². The van der Waals surface area contributed by atoms with Gasteiger partial charge in [0.2, 0.25) is 0 Å². The van der Waals surface area contributed by atoms with Crippen LogP contribution in [0.1, 0.15) is 5.56 Å². The van der Waals surface area contributed by atoms with E-state index in [4.69, 9.17) is 9.15 Å². The van der Waals surface area contributed by atoms with Gasteiger partial charge in [-0.2, -0.15) is 0 Å². The minimum atomic E-state index is 0.765. The predicted octanol–water partition coefficient (Wildman–Crippen LogP) is 6.62. The molecule has 29 heavy (non-hydrogen) atoms. The van der Waals surface area contributed by atoms with Crippen molar-refractivity contribution >= 4 is 43.7 Å². The molecule has 3 nitrogen and oxygen atoms in total. The van der Waals surface area contributed by atoms with E-state index in [1.54, 1.807) is 0 Å². The Morgan fingerprint density at radius 1 is 0.690 bits per heavy atom. The maximum Gasteiger partial charge on any atom is 0.135 e. The Kier molecular flexibility index (Phi) is 2.85. The van der Waals surface area contributed by atoms with Gasteiger partial charge in [-0.25, -0.2) is 0 Å². The topological polar surface area (TPSA) is 27.3 Å². The van der Waals surface area contributed by atoms with Gasteiger partial charge in [0.1, 0.15) is 16.9 Å². The first-order valence-corrected chi connectivity index (χ1v) is 9.98. The summed E-state index contributed by atoms with van der Waals surface area (Å²) in [5, 5.41) is 4.74. The van der Waals surface area contributed by atoms with E-state index in [9.17, 15) is 0 Å². The second-order valence-electron chi connectivity index (χ2n) is 7.68. The van der Waals surface area contributed by atoms with Crippen molar-refractivity contribution in [2.45, 2.75) is 6.42 Å².